The Labute approximate surface area is 165 Å². The van der Waals surface area contributed by atoms with Crippen LogP contribution in [-0.2, 0) is 16.1 Å². The molecule has 0 saturated carbocycles. The second kappa shape index (κ2) is 8.08. The maximum absolute atomic E-state index is 13.1. The van der Waals surface area contributed by atoms with Gasteiger partial charge in [0.05, 0.1) is 24.5 Å². The summed E-state index contributed by atoms with van der Waals surface area (Å²) in [6.07, 6.45) is 7.06. The van der Waals surface area contributed by atoms with E-state index in [9.17, 15) is 9.59 Å². The molecule has 3 aliphatic rings. The lowest BCUT2D eigenvalue weighted by Crippen LogP contribution is -2.59. The minimum absolute atomic E-state index is 0.142. The molecule has 3 amide bonds. The fraction of sp³-hybridized carbons (Fsp3) is 0.737. The van der Waals surface area contributed by atoms with Gasteiger partial charge in [0.1, 0.15) is 0 Å². The number of carbonyl (C=O) groups excluding carboxylic acids is 2. The summed E-state index contributed by atoms with van der Waals surface area (Å²) in [7, 11) is 0. The third-order valence-electron chi connectivity index (χ3n) is 6.36. The number of morpholine rings is 1. The van der Waals surface area contributed by atoms with E-state index in [1.165, 1.54) is 0 Å². The predicted octanol–water partition coefficient (Wildman–Crippen LogP) is 0.394. The first-order chi connectivity index (χ1) is 13.5. The molecule has 4 rings (SSSR count). The molecule has 0 bridgehead atoms. The van der Waals surface area contributed by atoms with Crippen LogP contribution in [0.2, 0.25) is 0 Å². The third-order valence-corrected chi connectivity index (χ3v) is 6.36. The first-order valence-electron chi connectivity index (χ1n) is 10.2. The van der Waals surface area contributed by atoms with Gasteiger partial charge in [-0.25, -0.2) is 9.78 Å². The van der Waals surface area contributed by atoms with Crippen LogP contribution in [0.5, 0.6) is 0 Å². The van der Waals surface area contributed by atoms with Crippen molar-refractivity contribution in [2.24, 2.45) is 11.7 Å². The first-order valence-corrected chi connectivity index (χ1v) is 10.2. The number of nitrogens with one attached hydrogen (secondary N) is 1. The summed E-state index contributed by atoms with van der Waals surface area (Å²) in [6, 6.07) is -0.430. The maximum Gasteiger partial charge on any atom is 0.314 e. The number of ether oxygens (including phenoxy) is 1. The lowest BCUT2D eigenvalue weighted by Gasteiger charge is -2.48. The van der Waals surface area contributed by atoms with Crippen LogP contribution in [0.1, 0.15) is 31.4 Å². The van der Waals surface area contributed by atoms with E-state index in [-0.39, 0.29) is 17.4 Å². The second-order valence-corrected chi connectivity index (χ2v) is 8.27. The van der Waals surface area contributed by atoms with Gasteiger partial charge in [0, 0.05) is 57.7 Å². The molecule has 4 heterocycles. The topological polar surface area (TPSA) is 108 Å². The van der Waals surface area contributed by atoms with Crippen molar-refractivity contribution >= 4 is 11.9 Å². The number of hydrogen-bond donors (Lipinski definition) is 2. The molecule has 154 valence electrons. The fourth-order valence-electron chi connectivity index (χ4n) is 4.70. The molecule has 1 atom stereocenters. The normalized spacial score (nSPS) is 25.8. The molecule has 3 aliphatic heterocycles. The standard InChI is InChI=1S/C19H30N6O3/c20-18(27)24-5-1-2-15(11-24)17(26)25-8-9-28-19(13-25)3-6-23(7-4-19)12-16-10-21-14-22-16/h10,14-15H,1-9,11-13H2,(H2,20,27)(H,21,22). The third kappa shape index (κ3) is 4.15. The van der Waals surface area contributed by atoms with Crippen molar-refractivity contribution < 1.29 is 14.3 Å². The molecular weight excluding hydrogens is 360 g/mol. The average molecular weight is 390 g/mol. The molecule has 28 heavy (non-hydrogen) atoms. The number of imidazole rings is 1. The fourth-order valence-corrected chi connectivity index (χ4v) is 4.70. The Balaban J connectivity index is 1.33. The highest BCUT2D eigenvalue weighted by Gasteiger charge is 2.42. The van der Waals surface area contributed by atoms with E-state index in [4.69, 9.17) is 10.5 Å². The molecule has 1 aromatic heterocycles. The summed E-state index contributed by atoms with van der Waals surface area (Å²) in [5.74, 6) is 0.00498. The maximum atomic E-state index is 13.1. The molecule has 0 radical (unpaired) electrons. The Hall–Kier alpha value is -2.13. The zero-order valence-corrected chi connectivity index (χ0v) is 16.3. The quantitative estimate of drug-likeness (QED) is 0.776. The van der Waals surface area contributed by atoms with Crippen molar-refractivity contribution in [3.63, 3.8) is 0 Å². The first kappa shape index (κ1) is 19.2. The van der Waals surface area contributed by atoms with Crippen molar-refractivity contribution in [1.29, 1.82) is 0 Å². The van der Waals surface area contributed by atoms with Gasteiger partial charge in [-0.2, -0.15) is 0 Å². The lowest BCUT2D eigenvalue weighted by atomic mass is 9.88. The summed E-state index contributed by atoms with van der Waals surface area (Å²) in [6.45, 7) is 5.71. The number of likely N-dealkylation sites (tertiary alicyclic amines) is 2. The van der Waals surface area contributed by atoms with Crippen LogP contribution in [-0.4, -0.2) is 88.1 Å². The molecule has 9 heteroatoms. The molecule has 1 aromatic rings. The number of amides is 3. The number of H-pyrrole nitrogens is 1. The number of nitrogens with two attached hydrogens (primary N) is 1. The van der Waals surface area contributed by atoms with Gasteiger partial charge in [0.15, 0.2) is 0 Å². The van der Waals surface area contributed by atoms with E-state index < -0.39 is 6.03 Å². The molecule has 3 saturated heterocycles. The Morgan fingerprint density at radius 2 is 2.07 bits per heavy atom. The minimum Gasteiger partial charge on any atom is -0.371 e. The van der Waals surface area contributed by atoms with Crippen LogP contribution in [0.3, 0.4) is 0 Å². The number of hydrogen-bond acceptors (Lipinski definition) is 5. The van der Waals surface area contributed by atoms with Gasteiger partial charge in [0.25, 0.3) is 0 Å². The van der Waals surface area contributed by atoms with Crippen LogP contribution in [0.4, 0.5) is 4.79 Å². The highest BCUT2D eigenvalue weighted by atomic mass is 16.5. The van der Waals surface area contributed by atoms with Gasteiger partial charge in [-0.1, -0.05) is 0 Å². The van der Waals surface area contributed by atoms with E-state index >= 15 is 0 Å². The van der Waals surface area contributed by atoms with E-state index in [1.807, 2.05) is 11.1 Å². The van der Waals surface area contributed by atoms with Gasteiger partial charge in [0.2, 0.25) is 5.91 Å². The molecule has 0 aromatic carbocycles. The minimum atomic E-state index is -0.430. The van der Waals surface area contributed by atoms with Crippen LogP contribution < -0.4 is 5.73 Å². The van der Waals surface area contributed by atoms with Crippen molar-refractivity contribution in [2.75, 3.05) is 45.9 Å². The van der Waals surface area contributed by atoms with Crippen LogP contribution >= 0.6 is 0 Å². The molecule has 3 N–H and O–H groups in total. The van der Waals surface area contributed by atoms with Gasteiger partial charge < -0.3 is 25.3 Å². The summed E-state index contributed by atoms with van der Waals surface area (Å²) in [5.41, 5.74) is 6.29. The Morgan fingerprint density at radius 1 is 1.25 bits per heavy atom. The lowest BCUT2D eigenvalue weighted by molar-refractivity contribution is -0.164. The highest BCUT2D eigenvalue weighted by Crippen LogP contribution is 2.32. The van der Waals surface area contributed by atoms with E-state index in [0.29, 0.717) is 32.8 Å². The number of piperidine rings is 2. The SMILES string of the molecule is NC(=O)N1CCCC(C(=O)N2CCOC3(CCN(Cc4cnc[nH]4)CC3)C2)C1. The molecular formula is C19H30N6O3. The number of aromatic amines is 1. The summed E-state index contributed by atoms with van der Waals surface area (Å²) in [5, 5.41) is 0. The van der Waals surface area contributed by atoms with Gasteiger partial charge in [-0.05, 0) is 25.7 Å². The number of carbonyl (C=O) groups is 2. The molecule has 9 nitrogen and oxygen atoms in total. The summed E-state index contributed by atoms with van der Waals surface area (Å²) in [4.78, 5) is 37.8. The van der Waals surface area contributed by atoms with Gasteiger partial charge in [-0.3, -0.25) is 9.69 Å². The Kier molecular flexibility index (Phi) is 5.54. The average Bonchev–Trinajstić information content (AvgIpc) is 3.23. The summed E-state index contributed by atoms with van der Waals surface area (Å²) >= 11 is 0. The largest absolute Gasteiger partial charge is 0.371 e. The molecule has 1 spiro atoms. The Morgan fingerprint density at radius 3 is 2.79 bits per heavy atom. The van der Waals surface area contributed by atoms with Crippen molar-refractivity contribution in [3.8, 4) is 0 Å². The zero-order chi connectivity index (χ0) is 19.6. The van der Waals surface area contributed by atoms with Crippen molar-refractivity contribution in [2.45, 2.75) is 37.8 Å². The smallest absolute Gasteiger partial charge is 0.314 e. The van der Waals surface area contributed by atoms with Crippen LogP contribution in [0.15, 0.2) is 12.5 Å². The number of aromatic nitrogens is 2. The van der Waals surface area contributed by atoms with Gasteiger partial charge in [-0.15, -0.1) is 0 Å². The van der Waals surface area contributed by atoms with E-state index in [2.05, 4.69) is 14.9 Å². The van der Waals surface area contributed by atoms with Crippen LogP contribution in [0.25, 0.3) is 0 Å². The number of primary amides is 1. The number of rotatable bonds is 3. The van der Waals surface area contributed by atoms with Crippen molar-refractivity contribution in [1.82, 2.24) is 24.7 Å². The van der Waals surface area contributed by atoms with Gasteiger partial charge >= 0.3 is 6.03 Å². The highest BCUT2D eigenvalue weighted by molar-refractivity contribution is 5.80. The Bertz CT molecular complexity index is 686. The van der Waals surface area contributed by atoms with Crippen molar-refractivity contribution in [3.05, 3.63) is 18.2 Å². The second-order valence-electron chi connectivity index (χ2n) is 8.27. The number of nitrogens with zero attached hydrogens (tertiary/aromatic N) is 4. The predicted molar refractivity (Wildman–Crippen MR) is 102 cm³/mol. The monoisotopic (exact) mass is 390 g/mol. The van der Waals surface area contributed by atoms with Crippen LogP contribution in [0, 0.1) is 5.92 Å². The summed E-state index contributed by atoms with van der Waals surface area (Å²) < 4.78 is 6.19. The number of urea groups is 1. The molecule has 0 aliphatic carbocycles. The zero-order valence-electron chi connectivity index (χ0n) is 16.3. The van der Waals surface area contributed by atoms with E-state index in [1.54, 1.807) is 11.2 Å². The van der Waals surface area contributed by atoms with E-state index in [0.717, 1.165) is 51.0 Å². The molecule has 3 fully saturated rings. The molecule has 1 unspecified atom stereocenters.